The summed E-state index contributed by atoms with van der Waals surface area (Å²) in [4.78, 5) is 28.6. The van der Waals surface area contributed by atoms with Gasteiger partial charge in [0.15, 0.2) is 0 Å². The molecule has 0 aliphatic carbocycles. The smallest absolute Gasteiger partial charge is 0.248 e. The second-order valence-electron chi connectivity index (χ2n) is 7.59. The SMILES string of the molecule is NC(=O)c1ccc(CCc2nc(-c3ccc4ncccc4c3)c(-c3ccccn3)[nH]2)cc1. The number of H-pyrrole nitrogens is 1. The molecule has 0 saturated heterocycles. The Labute approximate surface area is 185 Å². The molecular formula is C26H21N5O. The average Bonchev–Trinajstić information content (AvgIpc) is 3.27. The van der Waals surface area contributed by atoms with Crippen LogP contribution in [0.1, 0.15) is 21.7 Å². The summed E-state index contributed by atoms with van der Waals surface area (Å²) in [5.74, 6) is 0.462. The number of nitrogens with two attached hydrogens (primary N) is 1. The number of amides is 1. The fraction of sp³-hybridized carbons (Fsp3) is 0.0769. The van der Waals surface area contributed by atoms with Gasteiger partial charge in [0.2, 0.25) is 5.91 Å². The molecule has 0 spiro atoms. The number of aromatic amines is 1. The zero-order chi connectivity index (χ0) is 21.9. The van der Waals surface area contributed by atoms with Crippen LogP contribution in [0, 0.1) is 0 Å². The number of imidazole rings is 1. The van der Waals surface area contributed by atoms with E-state index in [0.717, 1.165) is 57.8 Å². The van der Waals surface area contributed by atoms with Gasteiger partial charge in [-0.25, -0.2) is 4.98 Å². The lowest BCUT2D eigenvalue weighted by Crippen LogP contribution is -2.10. The zero-order valence-corrected chi connectivity index (χ0v) is 17.3. The Kier molecular flexibility index (Phi) is 5.17. The molecule has 0 bridgehead atoms. The van der Waals surface area contributed by atoms with Crippen molar-refractivity contribution < 1.29 is 4.79 Å². The van der Waals surface area contributed by atoms with Crippen LogP contribution in [0.25, 0.3) is 33.5 Å². The molecule has 0 aliphatic heterocycles. The molecule has 5 rings (SSSR count). The second-order valence-corrected chi connectivity index (χ2v) is 7.59. The third-order valence-corrected chi connectivity index (χ3v) is 5.44. The van der Waals surface area contributed by atoms with Gasteiger partial charge >= 0.3 is 0 Å². The predicted octanol–water partition coefficient (Wildman–Crippen LogP) is 4.57. The molecule has 0 saturated carbocycles. The van der Waals surface area contributed by atoms with Crippen molar-refractivity contribution >= 4 is 16.8 Å². The van der Waals surface area contributed by atoms with Crippen LogP contribution in [0.5, 0.6) is 0 Å². The van der Waals surface area contributed by atoms with Crippen LogP contribution in [0.15, 0.2) is 85.2 Å². The Morgan fingerprint density at radius 2 is 1.72 bits per heavy atom. The molecule has 3 N–H and O–H groups in total. The van der Waals surface area contributed by atoms with E-state index in [1.807, 2.05) is 48.5 Å². The number of fused-ring (bicyclic) bond motifs is 1. The van der Waals surface area contributed by atoms with Crippen LogP contribution < -0.4 is 5.73 Å². The highest BCUT2D eigenvalue weighted by atomic mass is 16.1. The van der Waals surface area contributed by atoms with E-state index in [4.69, 9.17) is 10.7 Å². The summed E-state index contributed by atoms with van der Waals surface area (Å²) in [6.07, 6.45) is 5.09. The standard InChI is InChI=1S/C26H21N5O/c27-26(32)18-9-6-17(7-10-18)8-13-23-30-24(25(31-23)22-5-1-2-14-29-22)20-11-12-21-19(16-20)4-3-15-28-21/h1-7,9-12,14-16H,8,13H2,(H2,27,32)(H,30,31). The number of primary amides is 1. The first-order chi connectivity index (χ1) is 15.7. The molecule has 6 heteroatoms. The third kappa shape index (κ3) is 3.98. The average molecular weight is 419 g/mol. The van der Waals surface area contributed by atoms with E-state index >= 15 is 0 Å². The van der Waals surface area contributed by atoms with Crippen LogP contribution >= 0.6 is 0 Å². The lowest BCUT2D eigenvalue weighted by Gasteiger charge is -2.04. The molecule has 0 aliphatic rings. The van der Waals surface area contributed by atoms with Gasteiger partial charge in [-0.3, -0.25) is 14.8 Å². The molecule has 0 fully saturated rings. The second kappa shape index (κ2) is 8.43. The van der Waals surface area contributed by atoms with E-state index in [9.17, 15) is 4.79 Å². The molecule has 2 aromatic carbocycles. The highest BCUT2D eigenvalue weighted by Gasteiger charge is 2.16. The largest absolute Gasteiger partial charge is 0.366 e. The number of carbonyl (C=O) groups excluding carboxylic acids is 1. The molecule has 1 amide bonds. The van der Waals surface area contributed by atoms with Gasteiger partial charge in [-0.15, -0.1) is 0 Å². The molecular weight excluding hydrogens is 398 g/mol. The van der Waals surface area contributed by atoms with E-state index in [1.54, 1.807) is 24.5 Å². The van der Waals surface area contributed by atoms with Crippen molar-refractivity contribution in [2.75, 3.05) is 0 Å². The molecule has 3 heterocycles. The van der Waals surface area contributed by atoms with Crippen molar-refractivity contribution in [3.8, 4) is 22.6 Å². The molecule has 156 valence electrons. The number of pyridine rings is 2. The summed E-state index contributed by atoms with van der Waals surface area (Å²) in [5.41, 5.74) is 11.5. The Morgan fingerprint density at radius 1 is 0.875 bits per heavy atom. The highest BCUT2D eigenvalue weighted by molar-refractivity contribution is 5.92. The maximum Gasteiger partial charge on any atom is 0.248 e. The number of hydrogen-bond donors (Lipinski definition) is 2. The Hall–Kier alpha value is -4.32. The van der Waals surface area contributed by atoms with E-state index in [1.165, 1.54) is 0 Å². The molecule has 3 aromatic heterocycles. The minimum Gasteiger partial charge on any atom is -0.366 e. The van der Waals surface area contributed by atoms with Gasteiger partial charge in [-0.05, 0) is 54.4 Å². The van der Waals surface area contributed by atoms with Gasteiger partial charge in [-0.2, -0.15) is 0 Å². The zero-order valence-electron chi connectivity index (χ0n) is 17.3. The maximum atomic E-state index is 11.3. The highest BCUT2D eigenvalue weighted by Crippen LogP contribution is 2.31. The number of aromatic nitrogens is 4. The number of aryl methyl sites for hydroxylation is 2. The van der Waals surface area contributed by atoms with Crippen molar-refractivity contribution in [1.29, 1.82) is 0 Å². The summed E-state index contributed by atoms with van der Waals surface area (Å²) in [6.45, 7) is 0. The third-order valence-electron chi connectivity index (χ3n) is 5.44. The monoisotopic (exact) mass is 419 g/mol. The number of nitrogens with one attached hydrogen (secondary N) is 1. The van der Waals surface area contributed by atoms with Crippen LogP contribution in [0.2, 0.25) is 0 Å². The fourth-order valence-corrected chi connectivity index (χ4v) is 3.77. The summed E-state index contributed by atoms with van der Waals surface area (Å²) >= 11 is 0. The van der Waals surface area contributed by atoms with Crippen molar-refractivity contribution in [2.45, 2.75) is 12.8 Å². The predicted molar refractivity (Wildman–Crippen MR) is 125 cm³/mol. The molecule has 5 aromatic rings. The van der Waals surface area contributed by atoms with Crippen molar-refractivity contribution in [2.24, 2.45) is 5.73 Å². The van der Waals surface area contributed by atoms with Crippen LogP contribution in [-0.4, -0.2) is 25.8 Å². The first kappa shape index (κ1) is 19.6. The van der Waals surface area contributed by atoms with E-state index < -0.39 is 5.91 Å². The molecule has 32 heavy (non-hydrogen) atoms. The Bertz CT molecular complexity index is 1390. The first-order valence-corrected chi connectivity index (χ1v) is 10.4. The summed E-state index contributed by atoms with van der Waals surface area (Å²) in [7, 11) is 0. The van der Waals surface area contributed by atoms with Gasteiger partial charge in [0.05, 0.1) is 22.6 Å². The minimum atomic E-state index is -0.419. The minimum absolute atomic E-state index is 0.419. The molecule has 6 nitrogen and oxygen atoms in total. The van der Waals surface area contributed by atoms with Crippen molar-refractivity contribution in [3.63, 3.8) is 0 Å². The summed E-state index contributed by atoms with van der Waals surface area (Å²) in [5, 5.41) is 1.07. The summed E-state index contributed by atoms with van der Waals surface area (Å²) in [6, 6.07) is 23.4. The lowest BCUT2D eigenvalue weighted by atomic mass is 10.1. The Balaban J connectivity index is 1.49. The number of hydrogen-bond acceptors (Lipinski definition) is 4. The first-order valence-electron chi connectivity index (χ1n) is 10.4. The molecule has 0 radical (unpaired) electrons. The van der Waals surface area contributed by atoms with Gasteiger partial charge in [0.25, 0.3) is 0 Å². The van der Waals surface area contributed by atoms with Crippen molar-refractivity contribution in [1.82, 2.24) is 19.9 Å². The van der Waals surface area contributed by atoms with Crippen LogP contribution in [0.3, 0.4) is 0 Å². The van der Waals surface area contributed by atoms with Crippen LogP contribution in [-0.2, 0) is 12.8 Å². The van der Waals surface area contributed by atoms with Crippen molar-refractivity contribution in [3.05, 3.63) is 102 Å². The van der Waals surface area contributed by atoms with Gasteiger partial charge in [0, 0.05) is 35.3 Å². The van der Waals surface area contributed by atoms with Gasteiger partial charge < -0.3 is 10.7 Å². The molecule has 0 atom stereocenters. The van der Waals surface area contributed by atoms with E-state index in [-0.39, 0.29) is 0 Å². The van der Waals surface area contributed by atoms with E-state index in [0.29, 0.717) is 5.56 Å². The topological polar surface area (TPSA) is 97.6 Å². The van der Waals surface area contributed by atoms with Gasteiger partial charge in [0.1, 0.15) is 5.82 Å². The van der Waals surface area contributed by atoms with Gasteiger partial charge in [-0.1, -0.05) is 30.3 Å². The summed E-state index contributed by atoms with van der Waals surface area (Å²) < 4.78 is 0. The van der Waals surface area contributed by atoms with Crippen LogP contribution in [0.4, 0.5) is 0 Å². The fourth-order valence-electron chi connectivity index (χ4n) is 3.77. The maximum absolute atomic E-state index is 11.3. The number of benzene rings is 2. The normalized spacial score (nSPS) is 11.0. The quantitative estimate of drug-likeness (QED) is 0.421. The Morgan fingerprint density at radius 3 is 2.50 bits per heavy atom. The number of rotatable bonds is 6. The number of nitrogens with zero attached hydrogens (tertiary/aromatic N) is 3. The lowest BCUT2D eigenvalue weighted by molar-refractivity contribution is 0.100. The number of carbonyl (C=O) groups is 1. The van der Waals surface area contributed by atoms with E-state index in [2.05, 4.69) is 27.1 Å². The molecule has 0 unspecified atom stereocenters.